The minimum atomic E-state index is -0.797. The van der Waals surface area contributed by atoms with Crippen LogP contribution in [0.4, 0.5) is 0 Å². The number of benzene rings is 1. The van der Waals surface area contributed by atoms with Crippen molar-refractivity contribution in [1.82, 2.24) is 0 Å². The van der Waals surface area contributed by atoms with Crippen LogP contribution in [0.5, 0.6) is 0 Å². The second-order valence-electron chi connectivity index (χ2n) is 3.30. The van der Waals surface area contributed by atoms with Crippen molar-refractivity contribution < 1.29 is 9.90 Å². The molecule has 4 heteroatoms. The number of hydrogen-bond acceptors (Lipinski definition) is 1. The van der Waals surface area contributed by atoms with Crippen molar-refractivity contribution in [3.8, 4) is 0 Å². The van der Waals surface area contributed by atoms with Gasteiger partial charge < -0.3 is 5.11 Å². The van der Waals surface area contributed by atoms with E-state index in [-0.39, 0.29) is 48.4 Å². The summed E-state index contributed by atoms with van der Waals surface area (Å²) < 4.78 is 0. The van der Waals surface area contributed by atoms with Gasteiger partial charge >= 0.3 is 54.4 Å². The van der Waals surface area contributed by atoms with Crippen molar-refractivity contribution in [2.75, 3.05) is 0 Å². The summed E-state index contributed by atoms with van der Waals surface area (Å²) in [6.45, 7) is 3.40. The third-order valence-corrected chi connectivity index (χ3v) is 2.03. The van der Waals surface area contributed by atoms with Crippen LogP contribution < -0.4 is 0 Å². The Bertz CT molecular complexity index is 285. The SMILES string of the molecule is CC(C)(C(=O)O)c1ccccc1.[LiH].[NaH]. The average molecular weight is 196 g/mol. The number of carboxylic acid groups (broad SMARTS) is 1. The molecule has 0 unspecified atom stereocenters. The Morgan fingerprint density at radius 2 is 1.64 bits per heavy atom. The van der Waals surface area contributed by atoms with E-state index in [9.17, 15) is 4.79 Å². The van der Waals surface area contributed by atoms with Crippen molar-refractivity contribution in [3.63, 3.8) is 0 Å². The molecular formula is C10H14LiNaO2. The van der Waals surface area contributed by atoms with Gasteiger partial charge in [0.05, 0.1) is 5.41 Å². The molecule has 0 bridgehead atoms. The van der Waals surface area contributed by atoms with Gasteiger partial charge in [-0.15, -0.1) is 0 Å². The van der Waals surface area contributed by atoms with Gasteiger partial charge in [-0.05, 0) is 19.4 Å². The van der Waals surface area contributed by atoms with Gasteiger partial charge in [0, 0.05) is 0 Å². The predicted molar refractivity (Wildman–Crippen MR) is 61.4 cm³/mol. The summed E-state index contributed by atoms with van der Waals surface area (Å²) in [5.41, 5.74) is 0.0406. The third kappa shape index (κ3) is 3.80. The summed E-state index contributed by atoms with van der Waals surface area (Å²) >= 11 is 0. The standard InChI is InChI=1S/C10H12O2.Li.Na.2H/c1-10(2,9(11)12)8-6-4-3-5-7-8;;;;/h3-7H,1-2H3,(H,11,12);;;;. The van der Waals surface area contributed by atoms with Gasteiger partial charge in [0.15, 0.2) is 0 Å². The predicted octanol–water partition coefficient (Wildman–Crippen LogP) is 0.752. The molecule has 0 heterocycles. The molecule has 0 aliphatic heterocycles. The molecule has 0 spiro atoms. The van der Waals surface area contributed by atoms with Crippen molar-refractivity contribution >= 4 is 54.4 Å². The molecule has 2 nitrogen and oxygen atoms in total. The van der Waals surface area contributed by atoms with Crippen LogP contribution in [0.15, 0.2) is 30.3 Å². The van der Waals surface area contributed by atoms with E-state index in [0.29, 0.717) is 0 Å². The van der Waals surface area contributed by atoms with Crippen LogP contribution in [0.1, 0.15) is 19.4 Å². The molecule has 0 atom stereocenters. The van der Waals surface area contributed by atoms with Crippen LogP contribution in [0.2, 0.25) is 0 Å². The van der Waals surface area contributed by atoms with Crippen LogP contribution in [0.3, 0.4) is 0 Å². The maximum absolute atomic E-state index is 10.8. The zero-order valence-electron chi connectivity index (χ0n) is 7.24. The van der Waals surface area contributed by atoms with E-state index in [2.05, 4.69) is 0 Å². The molecule has 0 saturated heterocycles. The van der Waals surface area contributed by atoms with Crippen molar-refractivity contribution in [2.45, 2.75) is 19.3 Å². The van der Waals surface area contributed by atoms with Crippen molar-refractivity contribution in [3.05, 3.63) is 35.9 Å². The second kappa shape index (κ2) is 6.71. The summed E-state index contributed by atoms with van der Waals surface area (Å²) in [5.74, 6) is -0.797. The van der Waals surface area contributed by atoms with Gasteiger partial charge in [0.1, 0.15) is 0 Å². The van der Waals surface area contributed by atoms with Gasteiger partial charge in [0.25, 0.3) is 0 Å². The Balaban J connectivity index is 0. The van der Waals surface area contributed by atoms with E-state index in [4.69, 9.17) is 5.11 Å². The molecule has 0 aliphatic carbocycles. The number of aliphatic carboxylic acids is 1. The monoisotopic (exact) mass is 196 g/mol. The molecular weight excluding hydrogens is 182 g/mol. The van der Waals surface area contributed by atoms with E-state index < -0.39 is 11.4 Å². The molecule has 14 heavy (non-hydrogen) atoms. The number of rotatable bonds is 2. The minimum absolute atomic E-state index is 0. The molecule has 1 aromatic rings. The normalized spacial score (nSPS) is 9.57. The molecule has 0 aromatic heterocycles. The first-order valence-electron chi connectivity index (χ1n) is 3.84. The first kappa shape index (κ1) is 16.7. The van der Waals surface area contributed by atoms with Crippen LogP contribution in [0, 0.1) is 0 Å². The van der Waals surface area contributed by atoms with Crippen molar-refractivity contribution in [1.29, 1.82) is 0 Å². The van der Waals surface area contributed by atoms with E-state index in [1.165, 1.54) is 0 Å². The van der Waals surface area contributed by atoms with Gasteiger partial charge in [-0.3, -0.25) is 4.79 Å². The maximum atomic E-state index is 10.8. The Labute approximate surface area is 119 Å². The topological polar surface area (TPSA) is 37.3 Å². The van der Waals surface area contributed by atoms with Crippen LogP contribution >= 0.6 is 0 Å². The Morgan fingerprint density at radius 3 is 2.00 bits per heavy atom. The summed E-state index contributed by atoms with van der Waals surface area (Å²) in [5, 5.41) is 8.89. The fourth-order valence-corrected chi connectivity index (χ4v) is 0.978. The van der Waals surface area contributed by atoms with Gasteiger partial charge in [-0.1, -0.05) is 30.3 Å². The molecule has 1 N–H and O–H groups in total. The molecule has 0 amide bonds. The Hall–Kier alpha value is 0.287. The molecule has 0 radical (unpaired) electrons. The van der Waals surface area contributed by atoms with Crippen LogP contribution in [-0.4, -0.2) is 59.5 Å². The molecule has 1 aromatic carbocycles. The average Bonchev–Trinajstić information content (AvgIpc) is 2.06. The fourth-order valence-electron chi connectivity index (χ4n) is 0.978. The first-order valence-corrected chi connectivity index (χ1v) is 3.84. The number of carboxylic acids is 1. The Kier molecular flexibility index (Phi) is 8.01. The van der Waals surface area contributed by atoms with Crippen LogP contribution in [0.25, 0.3) is 0 Å². The molecule has 68 valence electrons. The van der Waals surface area contributed by atoms with Crippen LogP contribution in [-0.2, 0) is 10.2 Å². The quantitative estimate of drug-likeness (QED) is 0.709. The van der Waals surface area contributed by atoms with Gasteiger partial charge in [-0.25, -0.2) is 0 Å². The van der Waals surface area contributed by atoms with E-state index in [1.54, 1.807) is 13.8 Å². The summed E-state index contributed by atoms with van der Waals surface area (Å²) in [6, 6.07) is 9.23. The number of carbonyl (C=O) groups is 1. The zero-order valence-corrected chi connectivity index (χ0v) is 7.24. The summed E-state index contributed by atoms with van der Waals surface area (Å²) in [7, 11) is 0. The van der Waals surface area contributed by atoms with E-state index >= 15 is 0 Å². The molecule has 1 rings (SSSR count). The van der Waals surface area contributed by atoms with E-state index in [0.717, 1.165) is 5.56 Å². The summed E-state index contributed by atoms with van der Waals surface area (Å²) in [6.07, 6.45) is 0. The third-order valence-electron chi connectivity index (χ3n) is 2.03. The molecule has 0 saturated carbocycles. The van der Waals surface area contributed by atoms with Gasteiger partial charge in [-0.2, -0.15) is 0 Å². The second-order valence-corrected chi connectivity index (χ2v) is 3.30. The van der Waals surface area contributed by atoms with Crippen molar-refractivity contribution in [2.24, 2.45) is 0 Å². The van der Waals surface area contributed by atoms with E-state index in [1.807, 2.05) is 30.3 Å². The zero-order chi connectivity index (χ0) is 9.19. The molecule has 0 fully saturated rings. The molecule has 0 aliphatic rings. The fraction of sp³-hybridized carbons (Fsp3) is 0.300. The first-order chi connectivity index (χ1) is 5.55. The Morgan fingerprint density at radius 1 is 1.21 bits per heavy atom. The number of hydrogen-bond donors (Lipinski definition) is 1. The summed E-state index contributed by atoms with van der Waals surface area (Å²) in [4.78, 5) is 10.8. The van der Waals surface area contributed by atoms with Gasteiger partial charge in [0.2, 0.25) is 0 Å².